The van der Waals surface area contributed by atoms with Crippen LogP contribution >= 0.6 is 0 Å². The molecule has 0 aliphatic heterocycles. The van der Waals surface area contributed by atoms with Gasteiger partial charge in [0.15, 0.2) is 0 Å². The van der Waals surface area contributed by atoms with Gasteiger partial charge in [0, 0.05) is 18.8 Å². The number of amides is 1. The number of halogens is 2. The van der Waals surface area contributed by atoms with Gasteiger partial charge in [-0.3, -0.25) is 4.79 Å². The molecule has 2 aliphatic rings. The Hall–Kier alpha value is -1.18. The van der Waals surface area contributed by atoms with Crippen molar-refractivity contribution in [3.8, 4) is 6.07 Å². The second-order valence-electron chi connectivity index (χ2n) is 4.83. The molecule has 16 heavy (non-hydrogen) atoms. The lowest BCUT2D eigenvalue weighted by Gasteiger charge is -2.28. The van der Waals surface area contributed by atoms with Crippen LogP contribution < -0.4 is 5.32 Å². The molecule has 0 saturated heterocycles. The van der Waals surface area contributed by atoms with Crippen molar-refractivity contribution in [2.75, 3.05) is 0 Å². The Bertz CT molecular complexity index is 344. The fraction of sp³-hybridized carbons (Fsp3) is 0.818. The van der Waals surface area contributed by atoms with Gasteiger partial charge in [-0.05, 0) is 25.7 Å². The van der Waals surface area contributed by atoms with E-state index in [9.17, 15) is 13.6 Å². The lowest BCUT2D eigenvalue weighted by Crippen LogP contribution is -2.43. The van der Waals surface area contributed by atoms with E-state index >= 15 is 0 Å². The fourth-order valence-electron chi connectivity index (χ4n) is 2.12. The zero-order valence-electron chi connectivity index (χ0n) is 8.93. The SMILES string of the molecule is N#CC1(NC(=O)[C@H]2CCCC(F)(F)C2)CC1. The van der Waals surface area contributed by atoms with Crippen molar-refractivity contribution in [1.29, 1.82) is 5.26 Å². The molecule has 2 fully saturated rings. The lowest BCUT2D eigenvalue weighted by atomic mass is 9.86. The first-order valence-electron chi connectivity index (χ1n) is 5.58. The van der Waals surface area contributed by atoms with E-state index in [1.807, 2.05) is 6.07 Å². The minimum Gasteiger partial charge on any atom is -0.338 e. The summed E-state index contributed by atoms with van der Waals surface area (Å²) in [6, 6.07) is 2.02. The highest BCUT2D eigenvalue weighted by Gasteiger charge is 2.47. The molecule has 1 atom stereocenters. The number of hydrogen-bond donors (Lipinski definition) is 1. The molecule has 1 N–H and O–H groups in total. The average Bonchev–Trinajstić information content (AvgIpc) is 2.97. The molecule has 0 aromatic heterocycles. The van der Waals surface area contributed by atoms with Crippen LogP contribution in [0.15, 0.2) is 0 Å². The predicted molar refractivity (Wildman–Crippen MR) is 52.6 cm³/mol. The molecule has 2 aliphatic carbocycles. The second kappa shape index (κ2) is 3.69. The Morgan fingerprint density at radius 2 is 2.06 bits per heavy atom. The number of carbonyl (C=O) groups excluding carboxylic acids is 1. The summed E-state index contributed by atoms with van der Waals surface area (Å²) < 4.78 is 26.2. The highest BCUT2D eigenvalue weighted by molar-refractivity contribution is 5.80. The Morgan fingerprint density at radius 3 is 2.56 bits per heavy atom. The van der Waals surface area contributed by atoms with E-state index in [1.54, 1.807) is 0 Å². The Labute approximate surface area is 92.8 Å². The first-order valence-corrected chi connectivity index (χ1v) is 5.58. The molecular weight excluding hydrogens is 214 g/mol. The number of hydrogen-bond acceptors (Lipinski definition) is 2. The van der Waals surface area contributed by atoms with Crippen molar-refractivity contribution >= 4 is 5.91 Å². The monoisotopic (exact) mass is 228 g/mol. The molecule has 2 saturated carbocycles. The largest absolute Gasteiger partial charge is 0.338 e. The van der Waals surface area contributed by atoms with Crippen molar-refractivity contribution in [1.82, 2.24) is 5.32 Å². The second-order valence-corrected chi connectivity index (χ2v) is 4.83. The van der Waals surface area contributed by atoms with Crippen molar-refractivity contribution in [3.63, 3.8) is 0 Å². The minimum absolute atomic E-state index is 0.125. The van der Waals surface area contributed by atoms with Crippen LogP contribution in [0.5, 0.6) is 0 Å². The van der Waals surface area contributed by atoms with Crippen LogP contribution in [0, 0.1) is 17.2 Å². The molecule has 2 rings (SSSR count). The molecule has 88 valence electrons. The summed E-state index contributed by atoms with van der Waals surface area (Å²) in [5.74, 6) is -3.73. The van der Waals surface area contributed by atoms with E-state index in [0.717, 1.165) is 0 Å². The molecule has 0 unspecified atom stereocenters. The Kier molecular flexibility index (Phi) is 2.61. The van der Waals surface area contributed by atoms with Crippen molar-refractivity contribution in [3.05, 3.63) is 0 Å². The van der Waals surface area contributed by atoms with E-state index in [-0.39, 0.29) is 18.7 Å². The molecule has 0 aromatic rings. The summed E-state index contributed by atoms with van der Waals surface area (Å²) in [4.78, 5) is 11.7. The number of nitriles is 1. The van der Waals surface area contributed by atoms with E-state index in [0.29, 0.717) is 25.7 Å². The minimum atomic E-state index is -2.72. The van der Waals surface area contributed by atoms with Crippen LogP contribution in [0.25, 0.3) is 0 Å². The van der Waals surface area contributed by atoms with Gasteiger partial charge in [-0.2, -0.15) is 5.26 Å². The number of nitrogens with one attached hydrogen (secondary N) is 1. The molecule has 0 radical (unpaired) electrons. The zero-order valence-corrected chi connectivity index (χ0v) is 8.93. The highest BCUT2D eigenvalue weighted by Crippen LogP contribution is 2.39. The van der Waals surface area contributed by atoms with Gasteiger partial charge in [0.1, 0.15) is 5.54 Å². The maximum absolute atomic E-state index is 13.1. The van der Waals surface area contributed by atoms with Gasteiger partial charge in [-0.15, -0.1) is 0 Å². The summed E-state index contributed by atoms with van der Waals surface area (Å²) in [6.07, 6.45) is 1.66. The van der Waals surface area contributed by atoms with Gasteiger partial charge in [0.2, 0.25) is 11.8 Å². The van der Waals surface area contributed by atoms with Gasteiger partial charge in [-0.25, -0.2) is 8.78 Å². The van der Waals surface area contributed by atoms with Crippen LogP contribution in [0.1, 0.15) is 38.5 Å². The maximum Gasteiger partial charge on any atom is 0.248 e. The molecular formula is C11H14F2N2O. The molecule has 1 amide bonds. The third-order valence-corrected chi connectivity index (χ3v) is 3.34. The van der Waals surface area contributed by atoms with E-state index in [4.69, 9.17) is 5.26 Å². The quantitative estimate of drug-likeness (QED) is 0.785. The van der Waals surface area contributed by atoms with Gasteiger partial charge < -0.3 is 5.32 Å². The standard InChI is InChI=1S/C11H14F2N2O/c12-11(13)3-1-2-8(6-11)9(16)15-10(7-14)4-5-10/h8H,1-6H2,(H,15,16)/t8-/m0/s1. The molecule has 3 nitrogen and oxygen atoms in total. The van der Waals surface area contributed by atoms with Gasteiger partial charge in [0.05, 0.1) is 6.07 Å². The fourth-order valence-corrected chi connectivity index (χ4v) is 2.12. The molecule has 0 aromatic carbocycles. The normalized spacial score (nSPS) is 30.2. The third-order valence-electron chi connectivity index (χ3n) is 3.34. The van der Waals surface area contributed by atoms with E-state index < -0.39 is 17.4 Å². The topological polar surface area (TPSA) is 52.9 Å². The van der Waals surface area contributed by atoms with Crippen LogP contribution in [0.2, 0.25) is 0 Å². The number of carbonyl (C=O) groups is 1. The van der Waals surface area contributed by atoms with Crippen LogP contribution in [0.4, 0.5) is 8.78 Å². The smallest absolute Gasteiger partial charge is 0.248 e. The number of nitrogens with zero attached hydrogens (tertiary/aromatic N) is 1. The number of alkyl halides is 2. The Balaban J connectivity index is 1.93. The summed E-state index contributed by atoms with van der Waals surface area (Å²) >= 11 is 0. The molecule has 0 spiro atoms. The van der Waals surface area contributed by atoms with E-state index in [1.165, 1.54) is 0 Å². The first kappa shape index (κ1) is 11.3. The van der Waals surface area contributed by atoms with Crippen LogP contribution in [0.3, 0.4) is 0 Å². The molecule has 5 heteroatoms. The van der Waals surface area contributed by atoms with Gasteiger partial charge in [0.25, 0.3) is 0 Å². The third kappa shape index (κ3) is 2.31. The predicted octanol–water partition coefficient (Wildman–Crippen LogP) is 1.98. The zero-order chi connectivity index (χ0) is 11.8. The van der Waals surface area contributed by atoms with Crippen molar-refractivity contribution < 1.29 is 13.6 Å². The van der Waals surface area contributed by atoms with Crippen molar-refractivity contribution in [2.45, 2.75) is 50.0 Å². The summed E-state index contributed by atoms with van der Waals surface area (Å²) in [5, 5.41) is 11.4. The first-order chi connectivity index (χ1) is 7.46. The van der Waals surface area contributed by atoms with Gasteiger partial charge in [-0.1, -0.05) is 0 Å². The average molecular weight is 228 g/mol. The summed E-state index contributed by atoms with van der Waals surface area (Å²) in [6.45, 7) is 0. The number of rotatable bonds is 2. The highest BCUT2D eigenvalue weighted by atomic mass is 19.3. The molecule has 0 bridgehead atoms. The van der Waals surface area contributed by atoms with Crippen LogP contribution in [-0.2, 0) is 4.79 Å². The Morgan fingerprint density at radius 1 is 1.38 bits per heavy atom. The summed E-state index contributed by atoms with van der Waals surface area (Å²) in [5.41, 5.74) is -0.746. The molecule has 0 heterocycles. The summed E-state index contributed by atoms with van der Waals surface area (Å²) in [7, 11) is 0. The van der Waals surface area contributed by atoms with Crippen LogP contribution in [-0.4, -0.2) is 17.4 Å². The van der Waals surface area contributed by atoms with Gasteiger partial charge >= 0.3 is 0 Å². The van der Waals surface area contributed by atoms with Crippen molar-refractivity contribution in [2.24, 2.45) is 5.92 Å². The van der Waals surface area contributed by atoms with E-state index in [2.05, 4.69) is 5.32 Å². The maximum atomic E-state index is 13.1. The lowest BCUT2D eigenvalue weighted by molar-refractivity contribution is -0.132.